The quantitative estimate of drug-likeness (QED) is 0.216. The third kappa shape index (κ3) is 19.1. The molecule has 164 valence electrons. The zero-order chi connectivity index (χ0) is 20.8. The Morgan fingerprint density at radius 3 is 1.59 bits per heavy atom. The van der Waals surface area contributed by atoms with Crippen molar-refractivity contribution in [2.75, 3.05) is 26.4 Å². The Morgan fingerprint density at radius 2 is 1.15 bits per heavy atom. The predicted molar refractivity (Wildman–Crippen MR) is 110 cm³/mol. The maximum Gasteiger partial charge on any atom is 0.469 e. The molecule has 0 amide bonds. The molecule has 0 atom stereocenters. The number of aliphatic hydroxyl groups excluding tert-OH is 1. The van der Waals surface area contributed by atoms with Crippen molar-refractivity contribution in [3.63, 3.8) is 0 Å². The zero-order valence-electron chi connectivity index (χ0n) is 17.9. The number of ether oxygens (including phenoxy) is 1. The molecule has 0 aromatic carbocycles. The lowest BCUT2D eigenvalue weighted by Crippen LogP contribution is -2.14. The second kappa shape index (κ2) is 14.1. The maximum atomic E-state index is 10.7. The lowest BCUT2D eigenvalue weighted by molar-refractivity contribution is 0.117. The van der Waals surface area contributed by atoms with Gasteiger partial charge in [0.05, 0.1) is 6.61 Å². The standard InChI is InChI=1S/C20H43O6P/c1-19(2,11-5-8-15-21)12-6-9-16-25-17-10-7-13-20(3,4)14-18-26-27(22,23)24/h21H,5-18H2,1-4H3,(H2,22,23,24). The molecule has 0 aromatic rings. The van der Waals surface area contributed by atoms with Gasteiger partial charge in [-0.1, -0.05) is 47.0 Å². The van der Waals surface area contributed by atoms with Gasteiger partial charge in [0.15, 0.2) is 0 Å². The molecule has 0 aliphatic heterocycles. The molecule has 6 nitrogen and oxygen atoms in total. The third-order valence-corrected chi connectivity index (χ3v) is 5.60. The SMILES string of the molecule is CC(C)(CCCCO)CCCCOCCCCC(C)(C)CCOP(=O)(O)O. The summed E-state index contributed by atoms with van der Waals surface area (Å²) < 4.78 is 20.9. The van der Waals surface area contributed by atoms with Crippen LogP contribution >= 0.6 is 7.82 Å². The molecule has 0 aromatic heterocycles. The van der Waals surface area contributed by atoms with Crippen molar-refractivity contribution in [2.45, 2.75) is 91.9 Å². The Bertz CT molecular complexity index is 405. The summed E-state index contributed by atoms with van der Waals surface area (Å²) in [7, 11) is -4.35. The van der Waals surface area contributed by atoms with Crippen molar-refractivity contribution in [3.8, 4) is 0 Å². The fourth-order valence-electron chi connectivity index (χ4n) is 3.12. The average Bonchev–Trinajstić information content (AvgIpc) is 2.51. The van der Waals surface area contributed by atoms with E-state index < -0.39 is 7.82 Å². The van der Waals surface area contributed by atoms with Crippen LogP contribution in [0.25, 0.3) is 0 Å². The van der Waals surface area contributed by atoms with Gasteiger partial charge in [-0.15, -0.1) is 0 Å². The molecule has 0 unspecified atom stereocenters. The first-order chi connectivity index (χ1) is 12.5. The molecule has 7 heteroatoms. The minimum absolute atomic E-state index is 0.0107. The number of hydrogen-bond acceptors (Lipinski definition) is 4. The Labute approximate surface area is 166 Å². The second-order valence-electron chi connectivity index (χ2n) is 9.11. The largest absolute Gasteiger partial charge is 0.469 e. The van der Waals surface area contributed by atoms with Gasteiger partial charge < -0.3 is 19.6 Å². The van der Waals surface area contributed by atoms with E-state index in [9.17, 15) is 4.57 Å². The normalized spacial score (nSPS) is 13.3. The fourth-order valence-corrected chi connectivity index (χ4v) is 3.45. The smallest absolute Gasteiger partial charge is 0.396 e. The molecule has 0 saturated carbocycles. The van der Waals surface area contributed by atoms with E-state index in [1.807, 2.05) is 0 Å². The number of unbranched alkanes of at least 4 members (excludes halogenated alkanes) is 3. The van der Waals surface area contributed by atoms with Crippen molar-refractivity contribution >= 4 is 7.82 Å². The highest BCUT2D eigenvalue weighted by Crippen LogP contribution is 2.37. The number of phosphoric acid groups is 1. The minimum atomic E-state index is -4.35. The second-order valence-corrected chi connectivity index (χ2v) is 10.3. The van der Waals surface area contributed by atoms with Crippen LogP contribution in [-0.2, 0) is 13.8 Å². The van der Waals surface area contributed by atoms with Gasteiger partial charge in [-0.3, -0.25) is 4.52 Å². The first-order valence-corrected chi connectivity index (χ1v) is 11.9. The van der Waals surface area contributed by atoms with Gasteiger partial charge in [-0.25, -0.2) is 4.57 Å². The number of phosphoric ester groups is 1. The van der Waals surface area contributed by atoms with Crippen molar-refractivity contribution in [1.82, 2.24) is 0 Å². The molecule has 0 fully saturated rings. The molecule has 27 heavy (non-hydrogen) atoms. The lowest BCUT2D eigenvalue weighted by Gasteiger charge is -2.24. The number of aliphatic hydroxyl groups is 1. The Balaban J connectivity index is 3.57. The van der Waals surface area contributed by atoms with E-state index in [-0.39, 0.29) is 12.0 Å². The van der Waals surface area contributed by atoms with Crippen LogP contribution in [0.5, 0.6) is 0 Å². The summed E-state index contributed by atoms with van der Waals surface area (Å²) in [6.07, 6.45) is 10.3. The number of hydrogen-bond donors (Lipinski definition) is 3. The average molecular weight is 411 g/mol. The molecule has 3 N–H and O–H groups in total. The highest BCUT2D eigenvalue weighted by Gasteiger charge is 2.20. The molecule has 0 rings (SSSR count). The van der Waals surface area contributed by atoms with E-state index in [0.717, 1.165) is 51.7 Å². The van der Waals surface area contributed by atoms with E-state index in [1.165, 1.54) is 19.3 Å². The molecule has 0 aliphatic carbocycles. The summed E-state index contributed by atoms with van der Waals surface area (Å²) in [5.74, 6) is 0. The lowest BCUT2D eigenvalue weighted by atomic mass is 9.82. The van der Waals surface area contributed by atoms with Crippen molar-refractivity contribution in [3.05, 3.63) is 0 Å². The van der Waals surface area contributed by atoms with E-state index >= 15 is 0 Å². The van der Waals surface area contributed by atoms with Gasteiger partial charge in [-0.05, 0) is 55.8 Å². The van der Waals surface area contributed by atoms with Gasteiger partial charge in [-0.2, -0.15) is 0 Å². The van der Waals surface area contributed by atoms with Crippen molar-refractivity contribution < 1.29 is 28.7 Å². The van der Waals surface area contributed by atoms with E-state index in [0.29, 0.717) is 18.4 Å². The van der Waals surface area contributed by atoms with E-state index in [1.54, 1.807) is 0 Å². The van der Waals surface area contributed by atoms with Gasteiger partial charge in [0.1, 0.15) is 0 Å². The minimum Gasteiger partial charge on any atom is -0.396 e. The van der Waals surface area contributed by atoms with E-state index in [4.69, 9.17) is 19.6 Å². The van der Waals surface area contributed by atoms with Gasteiger partial charge in [0.25, 0.3) is 0 Å². The topological polar surface area (TPSA) is 96.2 Å². The highest BCUT2D eigenvalue weighted by atomic mass is 31.2. The van der Waals surface area contributed by atoms with Crippen LogP contribution in [0.15, 0.2) is 0 Å². The van der Waals surface area contributed by atoms with Gasteiger partial charge in [0.2, 0.25) is 0 Å². The summed E-state index contributed by atoms with van der Waals surface area (Å²) >= 11 is 0. The van der Waals surface area contributed by atoms with Crippen LogP contribution in [0.2, 0.25) is 0 Å². The Morgan fingerprint density at radius 1 is 0.704 bits per heavy atom. The monoisotopic (exact) mass is 410 g/mol. The molecule has 0 saturated heterocycles. The molecular formula is C20H43O6P. The zero-order valence-corrected chi connectivity index (χ0v) is 18.8. The van der Waals surface area contributed by atoms with Crippen LogP contribution in [0, 0.1) is 10.8 Å². The molecular weight excluding hydrogens is 367 g/mol. The third-order valence-electron chi connectivity index (χ3n) is 5.08. The number of rotatable bonds is 18. The van der Waals surface area contributed by atoms with Crippen LogP contribution in [-0.4, -0.2) is 41.3 Å². The summed E-state index contributed by atoms with van der Waals surface area (Å²) in [5.41, 5.74) is 0.362. The van der Waals surface area contributed by atoms with E-state index in [2.05, 4.69) is 32.2 Å². The maximum absolute atomic E-state index is 10.7. The molecule has 0 radical (unpaired) electrons. The van der Waals surface area contributed by atoms with Gasteiger partial charge in [0, 0.05) is 19.8 Å². The molecule has 0 spiro atoms. The molecule has 0 aliphatic rings. The first kappa shape index (κ1) is 27.0. The summed E-state index contributed by atoms with van der Waals surface area (Å²) in [6.45, 7) is 10.8. The summed E-state index contributed by atoms with van der Waals surface area (Å²) in [5, 5.41) is 8.86. The van der Waals surface area contributed by atoms with Crippen molar-refractivity contribution in [2.24, 2.45) is 10.8 Å². The van der Waals surface area contributed by atoms with Crippen LogP contribution in [0.3, 0.4) is 0 Å². The molecule has 0 heterocycles. The predicted octanol–water partition coefficient (Wildman–Crippen LogP) is 5.06. The Kier molecular flexibility index (Phi) is 14.1. The first-order valence-electron chi connectivity index (χ1n) is 10.4. The van der Waals surface area contributed by atoms with Crippen LogP contribution in [0.1, 0.15) is 91.9 Å². The fraction of sp³-hybridized carbons (Fsp3) is 1.00. The summed E-state index contributed by atoms with van der Waals surface area (Å²) in [6, 6.07) is 0. The highest BCUT2D eigenvalue weighted by molar-refractivity contribution is 7.46. The van der Waals surface area contributed by atoms with Gasteiger partial charge >= 0.3 is 7.82 Å². The Hall–Kier alpha value is 0.0300. The summed E-state index contributed by atoms with van der Waals surface area (Å²) in [4.78, 5) is 17.4. The van der Waals surface area contributed by atoms with Crippen molar-refractivity contribution in [1.29, 1.82) is 0 Å². The van der Waals surface area contributed by atoms with Crippen LogP contribution < -0.4 is 0 Å². The molecule has 0 bridgehead atoms. The van der Waals surface area contributed by atoms with Crippen LogP contribution in [0.4, 0.5) is 0 Å².